The van der Waals surface area contributed by atoms with Crippen LogP contribution in [0.2, 0.25) is 0 Å². The van der Waals surface area contributed by atoms with Crippen LogP contribution in [0.25, 0.3) is 0 Å². The molecular formula is C25H36N2O5. The van der Waals surface area contributed by atoms with E-state index < -0.39 is 6.10 Å². The highest BCUT2D eigenvalue weighted by atomic mass is 16.5. The Kier molecular flexibility index (Phi) is 12.4. The number of nitroso groups, excluding NO2 is 1. The number of phenols is 1. The molecule has 0 saturated heterocycles. The SMILES string of the molecule is O=NN(CCCCCCOCCCCc1ccccc1)CC(O)c1ccc(O)c(CO)c1. The molecule has 7 nitrogen and oxygen atoms in total. The second-order valence-electron chi connectivity index (χ2n) is 8.03. The Bertz CT molecular complexity index is 772. The summed E-state index contributed by atoms with van der Waals surface area (Å²) in [6, 6.07) is 15.0. The number of aromatic hydroxyl groups is 1. The number of rotatable bonds is 17. The lowest BCUT2D eigenvalue weighted by molar-refractivity contribution is 0.111. The average Bonchev–Trinajstić information content (AvgIpc) is 2.82. The van der Waals surface area contributed by atoms with Crippen LogP contribution in [0.5, 0.6) is 5.75 Å². The summed E-state index contributed by atoms with van der Waals surface area (Å²) in [5.41, 5.74) is 2.24. The van der Waals surface area contributed by atoms with Gasteiger partial charge in [-0.05, 0) is 55.4 Å². The van der Waals surface area contributed by atoms with Crippen LogP contribution in [0.1, 0.15) is 61.3 Å². The van der Waals surface area contributed by atoms with E-state index in [1.54, 1.807) is 6.07 Å². The number of aliphatic hydroxyl groups is 2. The molecule has 0 saturated carbocycles. The smallest absolute Gasteiger partial charge is 0.121 e. The standard InChI is InChI=1S/C25H36N2O5/c28-20-23-18-22(13-14-24(23)29)25(30)19-27(26-31)15-7-1-2-8-16-32-17-9-6-12-21-10-4-3-5-11-21/h3-5,10-11,13-14,18,25,28-30H,1-2,6-9,12,15-17,19-20H2. The largest absolute Gasteiger partial charge is 0.508 e. The lowest BCUT2D eigenvalue weighted by Gasteiger charge is -2.20. The van der Waals surface area contributed by atoms with Crippen LogP contribution < -0.4 is 0 Å². The van der Waals surface area contributed by atoms with Crippen LogP contribution in [0.4, 0.5) is 0 Å². The first-order valence-electron chi connectivity index (χ1n) is 11.4. The zero-order valence-electron chi connectivity index (χ0n) is 18.7. The minimum absolute atomic E-state index is 0.0232. The molecule has 2 rings (SSSR count). The fourth-order valence-electron chi connectivity index (χ4n) is 3.54. The number of aryl methyl sites for hydroxylation is 1. The molecule has 7 heteroatoms. The van der Waals surface area contributed by atoms with Gasteiger partial charge in [-0.15, -0.1) is 4.91 Å². The summed E-state index contributed by atoms with van der Waals surface area (Å²) in [6.07, 6.45) is 6.17. The molecule has 2 aromatic carbocycles. The van der Waals surface area contributed by atoms with E-state index in [1.807, 2.05) is 6.07 Å². The third kappa shape index (κ3) is 9.77. The van der Waals surface area contributed by atoms with E-state index in [2.05, 4.69) is 29.6 Å². The summed E-state index contributed by atoms with van der Waals surface area (Å²) < 4.78 is 5.70. The van der Waals surface area contributed by atoms with Crippen molar-refractivity contribution in [1.29, 1.82) is 0 Å². The van der Waals surface area contributed by atoms with Crippen LogP contribution in [0, 0.1) is 4.91 Å². The molecule has 0 aromatic heterocycles. The molecule has 1 atom stereocenters. The Balaban J connectivity index is 1.49. The van der Waals surface area contributed by atoms with Gasteiger partial charge in [-0.1, -0.05) is 49.2 Å². The normalized spacial score (nSPS) is 11.9. The molecule has 0 aliphatic rings. The van der Waals surface area contributed by atoms with Crippen molar-refractivity contribution in [3.05, 3.63) is 70.1 Å². The van der Waals surface area contributed by atoms with Gasteiger partial charge in [0.2, 0.25) is 0 Å². The van der Waals surface area contributed by atoms with E-state index >= 15 is 0 Å². The number of hydrogen-bond acceptors (Lipinski definition) is 6. The maximum Gasteiger partial charge on any atom is 0.121 e. The number of benzene rings is 2. The van der Waals surface area contributed by atoms with Gasteiger partial charge in [-0.2, -0.15) is 0 Å². The first-order valence-corrected chi connectivity index (χ1v) is 11.4. The Labute approximate surface area is 190 Å². The minimum Gasteiger partial charge on any atom is -0.508 e. The number of unbranched alkanes of at least 4 members (excludes halogenated alkanes) is 4. The second-order valence-corrected chi connectivity index (χ2v) is 8.03. The Hall–Kier alpha value is -2.48. The van der Waals surface area contributed by atoms with Crippen molar-refractivity contribution in [2.24, 2.45) is 5.29 Å². The molecule has 0 bridgehead atoms. The van der Waals surface area contributed by atoms with Crippen molar-refractivity contribution >= 4 is 0 Å². The van der Waals surface area contributed by atoms with Gasteiger partial charge in [0.15, 0.2) is 0 Å². The Morgan fingerprint density at radius 1 is 0.938 bits per heavy atom. The monoisotopic (exact) mass is 444 g/mol. The molecule has 0 spiro atoms. The quantitative estimate of drug-likeness (QED) is 0.189. The van der Waals surface area contributed by atoms with Gasteiger partial charge >= 0.3 is 0 Å². The van der Waals surface area contributed by atoms with Gasteiger partial charge in [-0.25, -0.2) is 0 Å². The molecule has 0 heterocycles. The van der Waals surface area contributed by atoms with E-state index in [4.69, 9.17) is 4.74 Å². The van der Waals surface area contributed by atoms with Gasteiger partial charge < -0.3 is 20.1 Å². The zero-order chi connectivity index (χ0) is 23.0. The molecule has 0 fully saturated rings. The van der Waals surface area contributed by atoms with Gasteiger partial charge in [0.25, 0.3) is 0 Å². The molecule has 0 aliphatic carbocycles. The van der Waals surface area contributed by atoms with E-state index in [1.165, 1.54) is 22.7 Å². The first kappa shape index (κ1) is 25.8. The molecule has 1 unspecified atom stereocenters. The Morgan fingerprint density at radius 3 is 2.38 bits per heavy atom. The highest BCUT2D eigenvalue weighted by Gasteiger charge is 2.15. The van der Waals surface area contributed by atoms with Crippen LogP contribution in [-0.4, -0.2) is 46.6 Å². The van der Waals surface area contributed by atoms with Gasteiger partial charge in [0.1, 0.15) is 5.75 Å². The lowest BCUT2D eigenvalue weighted by atomic mass is 10.1. The van der Waals surface area contributed by atoms with Crippen molar-refractivity contribution < 1.29 is 20.1 Å². The molecule has 176 valence electrons. The topological polar surface area (TPSA) is 103 Å². The molecule has 32 heavy (non-hydrogen) atoms. The summed E-state index contributed by atoms with van der Waals surface area (Å²) in [5, 5.41) is 33.5. The Morgan fingerprint density at radius 2 is 1.66 bits per heavy atom. The fraction of sp³-hybridized carbons (Fsp3) is 0.520. The highest BCUT2D eigenvalue weighted by molar-refractivity contribution is 5.36. The summed E-state index contributed by atoms with van der Waals surface area (Å²) in [6.45, 7) is 1.78. The van der Waals surface area contributed by atoms with Crippen molar-refractivity contribution in [3.8, 4) is 5.75 Å². The molecule has 0 aliphatic heterocycles. The van der Waals surface area contributed by atoms with Crippen LogP contribution in [0.3, 0.4) is 0 Å². The van der Waals surface area contributed by atoms with E-state index in [9.17, 15) is 20.2 Å². The summed E-state index contributed by atoms with van der Waals surface area (Å²) >= 11 is 0. The highest BCUT2D eigenvalue weighted by Crippen LogP contribution is 2.23. The van der Waals surface area contributed by atoms with Gasteiger partial charge in [-0.3, -0.25) is 5.01 Å². The summed E-state index contributed by atoms with van der Waals surface area (Å²) in [5.74, 6) is -0.0232. The van der Waals surface area contributed by atoms with Gasteiger partial charge in [0.05, 0.1) is 24.5 Å². The molecule has 3 N–H and O–H groups in total. The predicted octanol–water partition coefficient (Wildman–Crippen LogP) is 4.50. The molecular weight excluding hydrogens is 408 g/mol. The van der Waals surface area contributed by atoms with Gasteiger partial charge in [0, 0.05) is 25.3 Å². The summed E-state index contributed by atoms with van der Waals surface area (Å²) in [7, 11) is 0. The van der Waals surface area contributed by atoms with Crippen molar-refractivity contribution in [1.82, 2.24) is 5.01 Å². The predicted molar refractivity (Wildman–Crippen MR) is 125 cm³/mol. The van der Waals surface area contributed by atoms with Crippen LogP contribution in [0.15, 0.2) is 53.8 Å². The average molecular weight is 445 g/mol. The third-order valence-electron chi connectivity index (χ3n) is 5.46. The second kappa shape index (κ2) is 15.3. The number of hydrogen-bond donors (Lipinski definition) is 3. The summed E-state index contributed by atoms with van der Waals surface area (Å²) in [4.78, 5) is 11.1. The van der Waals surface area contributed by atoms with E-state index in [0.29, 0.717) is 17.7 Å². The number of aliphatic hydroxyl groups excluding tert-OH is 2. The zero-order valence-corrected chi connectivity index (χ0v) is 18.7. The molecule has 2 aromatic rings. The van der Waals surface area contributed by atoms with Crippen LogP contribution in [-0.2, 0) is 17.8 Å². The minimum atomic E-state index is -0.922. The van der Waals surface area contributed by atoms with Crippen LogP contribution >= 0.6 is 0 Å². The van der Waals surface area contributed by atoms with Crippen molar-refractivity contribution in [3.63, 3.8) is 0 Å². The fourth-order valence-corrected chi connectivity index (χ4v) is 3.54. The number of ether oxygens (including phenoxy) is 1. The maximum atomic E-state index is 11.1. The lowest BCUT2D eigenvalue weighted by Crippen LogP contribution is -2.24. The van der Waals surface area contributed by atoms with Crippen molar-refractivity contribution in [2.75, 3.05) is 26.3 Å². The van der Waals surface area contributed by atoms with E-state index in [-0.39, 0.29) is 18.9 Å². The third-order valence-corrected chi connectivity index (χ3v) is 5.46. The molecule has 0 radical (unpaired) electrons. The first-order chi connectivity index (χ1) is 15.6. The number of nitrogens with zero attached hydrogens (tertiary/aromatic N) is 2. The maximum absolute atomic E-state index is 11.1. The molecule has 0 amide bonds. The van der Waals surface area contributed by atoms with E-state index in [0.717, 1.165) is 58.2 Å². The van der Waals surface area contributed by atoms with Crippen molar-refractivity contribution in [2.45, 2.75) is 57.7 Å².